The van der Waals surface area contributed by atoms with Crippen LogP contribution in [0.1, 0.15) is 27.1 Å². The molecular weight excluding hydrogens is 326 g/mol. The maximum absolute atomic E-state index is 12.3. The van der Waals surface area contributed by atoms with Crippen LogP contribution in [0.2, 0.25) is 0 Å². The van der Waals surface area contributed by atoms with Gasteiger partial charge in [-0.15, -0.1) is 0 Å². The third kappa shape index (κ3) is 3.86. The van der Waals surface area contributed by atoms with Crippen LogP contribution in [-0.2, 0) is 0 Å². The first-order chi connectivity index (χ1) is 11.6. The summed E-state index contributed by atoms with van der Waals surface area (Å²) in [6.45, 7) is 0. The van der Waals surface area contributed by atoms with Gasteiger partial charge in [0, 0.05) is 18.0 Å². The van der Waals surface area contributed by atoms with Gasteiger partial charge in [-0.1, -0.05) is 12.1 Å². The van der Waals surface area contributed by atoms with Gasteiger partial charge in [0.05, 0.1) is 16.8 Å². The second kappa shape index (κ2) is 7.35. The van der Waals surface area contributed by atoms with Crippen molar-refractivity contribution in [2.45, 2.75) is 12.5 Å². The lowest BCUT2D eigenvalue weighted by atomic mass is 10.1. The molecule has 2 heterocycles. The first kappa shape index (κ1) is 16.3. The summed E-state index contributed by atoms with van der Waals surface area (Å²) < 4.78 is 5.75. The Morgan fingerprint density at radius 1 is 1.25 bits per heavy atom. The number of rotatable bonds is 5. The van der Waals surface area contributed by atoms with Gasteiger partial charge in [-0.05, 0) is 30.4 Å². The molecule has 1 unspecified atom stereocenters. The van der Waals surface area contributed by atoms with E-state index in [2.05, 4.69) is 10.3 Å². The summed E-state index contributed by atoms with van der Waals surface area (Å²) in [5.74, 6) is 1.62. The first-order valence-electron chi connectivity index (χ1n) is 7.54. The minimum absolute atomic E-state index is 0.185. The molecule has 1 saturated heterocycles. The number of hydrogen-bond acceptors (Lipinski definition) is 5. The van der Waals surface area contributed by atoms with Gasteiger partial charge in [0.15, 0.2) is 0 Å². The van der Waals surface area contributed by atoms with Crippen LogP contribution in [0.4, 0.5) is 5.69 Å². The average Bonchev–Trinajstić information content (AvgIpc) is 3.09. The molecule has 2 amide bonds. The van der Waals surface area contributed by atoms with Gasteiger partial charge in [0.2, 0.25) is 5.88 Å². The fourth-order valence-corrected chi connectivity index (χ4v) is 3.46. The van der Waals surface area contributed by atoms with E-state index in [1.807, 2.05) is 11.8 Å². The molecule has 6 nitrogen and oxygen atoms in total. The highest BCUT2D eigenvalue weighted by atomic mass is 32.2. The first-order valence-corrected chi connectivity index (χ1v) is 8.69. The SMILES string of the molecule is NC(=O)c1ccccc1NC(=O)c1ccc(OC2CCSC2)nc1. The molecule has 1 aliphatic rings. The molecular formula is C17H17N3O3S. The number of para-hydroxylation sites is 1. The van der Waals surface area contributed by atoms with Crippen LogP contribution < -0.4 is 15.8 Å². The summed E-state index contributed by atoms with van der Waals surface area (Å²) in [5, 5.41) is 2.68. The van der Waals surface area contributed by atoms with Crippen molar-refractivity contribution in [3.63, 3.8) is 0 Å². The highest BCUT2D eigenvalue weighted by Gasteiger charge is 2.18. The Labute approximate surface area is 143 Å². The number of hydrogen-bond donors (Lipinski definition) is 2. The van der Waals surface area contributed by atoms with Gasteiger partial charge >= 0.3 is 0 Å². The molecule has 1 aliphatic heterocycles. The van der Waals surface area contributed by atoms with Gasteiger partial charge in [-0.2, -0.15) is 11.8 Å². The van der Waals surface area contributed by atoms with E-state index in [4.69, 9.17) is 10.5 Å². The van der Waals surface area contributed by atoms with E-state index >= 15 is 0 Å². The molecule has 0 radical (unpaired) electrons. The van der Waals surface area contributed by atoms with Crippen molar-refractivity contribution < 1.29 is 14.3 Å². The van der Waals surface area contributed by atoms with Gasteiger partial charge in [-0.3, -0.25) is 9.59 Å². The van der Waals surface area contributed by atoms with Gasteiger partial charge in [-0.25, -0.2) is 4.98 Å². The second-order valence-electron chi connectivity index (χ2n) is 5.35. The van der Waals surface area contributed by atoms with Gasteiger partial charge in [0.1, 0.15) is 6.10 Å². The summed E-state index contributed by atoms with van der Waals surface area (Å²) in [6.07, 6.45) is 2.66. The average molecular weight is 343 g/mol. The number of primary amides is 1. The summed E-state index contributed by atoms with van der Waals surface area (Å²) in [6, 6.07) is 9.92. The fourth-order valence-electron chi connectivity index (χ4n) is 2.36. The number of nitrogens with one attached hydrogen (secondary N) is 1. The molecule has 24 heavy (non-hydrogen) atoms. The number of nitrogens with zero attached hydrogens (tertiary/aromatic N) is 1. The minimum Gasteiger partial charge on any atom is -0.473 e. The second-order valence-corrected chi connectivity index (χ2v) is 6.50. The number of pyridine rings is 1. The van der Waals surface area contributed by atoms with Crippen molar-refractivity contribution in [2.75, 3.05) is 16.8 Å². The number of aromatic nitrogens is 1. The maximum atomic E-state index is 12.3. The zero-order chi connectivity index (χ0) is 16.9. The predicted octanol–water partition coefficient (Wildman–Crippen LogP) is 2.32. The molecule has 0 aliphatic carbocycles. The summed E-state index contributed by atoms with van der Waals surface area (Å²) in [5.41, 5.74) is 6.32. The Morgan fingerprint density at radius 3 is 2.75 bits per heavy atom. The third-order valence-corrected chi connectivity index (χ3v) is 4.75. The molecule has 1 fully saturated rings. The van der Waals surface area contributed by atoms with E-state index in [1.54, 1.807) is 36.4 Å². The number of carbonyl (C=O) groups excluding carboxylic acids is 2. The van der Waals surface area contributed by atoms with Crippen LogP contribution in [0.25, 0.3) is 0 Å². The van der Waals surface area contributed by atoms with Crippen molar-refractivity contribution in [1.29, 1.82) is 0 Å². The molecule has 1 aromatic carbocycles. The van der Waals surface area contributed by atoms with Crippen molar-refractivity contribution >= 4 is 29.3 Å². The molecule has 2 aromatic rings. The van der Waals surface area contributed by atoms with Crippen LogP contribution in [0, 0.1) is 0 Å². The Bertz CT molecular complexity index is 743. The standard InChI is InChI=1S/C17H17N3O3S/c18-16(21)13-3-1-2-4-14(13)20-17(22)11-5-6-15(19-9-11)23-12-7-8-24-10-12/h1-6,9,12H,7-8,10H2,(H2,18,21)(H,20,22). The fraction of sp³-hybridized carbons (Fsp3) is 0.235. The van der Waals surface area contributed by atoms with E-state index in [1.165, 1.54) is 6.20 Å². The number of benzene rings is 1. The number of carbonyl (C=O) groups is 2. The van der Waals surface area contributed by atoms with E-state index in [0.717, 1.165) is 17.9 Å². The molecule has 0 spiro atoms. The lowest BCUT2D eigenvalue weighted by molar-refractivity contribution is 0.100. The molecule has 1 atom stereocenters. The molecule has 124 valence electrons. The van der Waals surface area contributed by atoms with E-state index in [-0.39, 0.29) is 17.6 Å². The highest BCUT2D eigenvalue weighted by Crippen LogP contribution is 2.22. The largest absolute Gasteiger partial charge is 0.473 e. The summed E-state index contributed by atoms with van der Waals surface area (Å²) in [7, 11) is 0. The predicted molar refractivity (Wildman–Crippen MR) is 93.5 cm³/mol. The van der Waals surface area contributed by atoms with E-state index < -0.39 is 5.91 Å². The van der Waals surface area contributed by atoms with Gasteiger partial charge in [0.25, 0.3) is 11.8 Å². The molecule has 3 rings (SSSR count). The number of ether oxygens (including phenoxy) is 1. The number of anilines is 1. The smallest absolute Gasteiger partial charge is 0.257 e. The number of thioether (sulfide) groups is 1. The molecule has 0 saturated carbocycles. The zero-order valence-corrected chi connectivity index (χ0v) is 13.7. The quantitative estimate of drug-likeness (QED) is 0.869. The topological polar surface area (TPSA) is 94.3 Å². The third-order valence-electron chi connectivity index (χ3n) is 3.61. The summed E-state index contributed by atoms with van der Waals surface area (Å²) in [4.78, 5) is 27.9. The monoisotopic (exact) mass is 343 g/mol. The van der Waals surface area contributed by atoms with Crippen molar-refractivity contribution in [3.8, 4) is 5.88 Å². The number of amides is 2. The normalized spacial score (nSPS) is 16.6. The molecule has 7 heteroatoms. The Hall–Kier alpha value is -2.54. The van der Waals surface area contributed by atoms with Crippen molar-refractivity contribution in [2.24, 2.45) is 5.73 Å². The zero-order valence-electron chi connectivity index (χ0n) is 12.9. The maximum Gasteiger partial charge on any atom is 0.257 e. The van der Waals surface area contributed by atoms with Crippen LogP contribution >= 0.6 is 11.8 Å². The molecule has 3 N–H and O–H groups in total. The minimum atomic E-state index is -0.595. The van der Waals surface area contributed by atoms with Gasteiger partial charge < -0.3 is 15.8 Å². The van der Waals surface area contributed by atoms with Crippen molar-refractivity contribution in [3.05, 3.63) is 53.7 Å². The van der Waals surface area contributed by atoms with E-state index in [9.17, 15) is 9.59 Å². The van der Waals surface area contributed by atoms with Crippen LogP contribution in [0.3, 0.4) is 0 Å². The van der Waals surface area contributed by atoms with Crippen LogP contribution in [0.15, 0.2) is 42.6 Å². The van der Waals surface area contributed by atoms with E-state index in [0.29, 0.717) is 17.1 Å². The van der Waals surface area contributed by atoms with Crippen LogP contribution in [-0.4, -0.2) is 34.4 Å². The lowest BCUT2D eigenvalue weighted by Crippen LogP contribution is -2.18. The van der Waals surface area contributed by atoms with Crippen molar-refractivity contribution in [1.82, 2.24) is 4.98 Å². The number of nitrogens with two attached hydrogens (primary N) is 1. The Morgan fingerprint density at radius 2 is 2.08 bits per heavy atom. The molecule has 0 bridgehead atoms. The Balaban J connectivity index is 1.68. The summed E-state index contributed by atoms with van der Waals surface area (Å²) >= 11 is 1.86. The highest BCUT2D eigenvalue weighted by molar-refractivity contribution is 7.99. The molecule has 1 aromatic heterocycles. The Kier molecular flexibility index (Phi) is 5.00. The van der Waals surface area contributed by atoms with Crippen LogP contribution in [0.5, 0.6) is 5.88 Å². The lowest BCUT2D eigenvalue weighted by Gasteiger charge is -2.12.